The van der Waals surface area contributed by atoms with Crippen LogP contribution < -0.4 is 0 Å². The van der Waals surface area contributed by atoms with Crippen LogP contribution in [0.25, 0.3) is 0 Å². The standard InChI is InChI=1S/C14H12N2O4S/c1-2-20-14(19)10-4-3-7-15-12(10)21-11-6-5-9(8-16-11)13(17)18/h3-8H,2H2,1H3,(H,17,18). The van der Waals surface area contributed by atoms with Crippen molar-refractivity contribution in [1.82, 2.24) is 9.97 Å². The SMILES string of the molecule is CCOC(=O)c1cccnc1Sc1ccc(C(=O)O)cn1. The van der Waals surface area contributed by atoms with Crippen molar-refractivity contribution >= 4 is 23.7 Å². The molecule has 2 rings (SSSR count). The third kappa shape index (κ3) is 3.79. The van der Waals surface area contributed by atoms with Crippen molar-refractivity contribution in [2.75, 3.05) is 6.61 Å². The van der Waals surface area contributed by atoms with E-state index in [1.807, 2.05) is 0 Å². The average molecular weight is 304 g/mol. The second-order valence-electron chi connectivity index (χ2n) is 3.87. The van der Waals surface area contributed by atoms with Crippen molar-refractivity contribution in [3.8, 4) is 0 Å². The van der Waals surface area contributed by atoms with E-state index >= 15 is 0 Å². The maximum Gasteiger partial charge on any atom is 0.340 e. The first-order chi connectivity index (χ1) is 10.1. The predicted octanol–water partition coefficient (Wildman–Crippen LogP) is 2.50. The maximum atomic E-state index is 11.8. The summed E-state index contributed by atoms with van der Waals surface area (Å²) < 4.78 is 4.97. The second kappa shape index (κ2) is 6.85. The Kier molecular flexibility index (Phi) is 4.89. The van der Waals surface area contributed by atoms with Crippen LogP contribution in [0.15, 0.2) is 46.7 Å². The van der Waals surface area contributed by atoms with Gasteiger partial charge in [-0.15, -0.1) is 0 Å². The largest absolute Gasteiger partial charge is 0.478 e. The van der Waals surface area contributed by atoms with Gasteiger partial charge >= 0.3 is 11.9 Å². The zero-order valence-corrected chi connectivity index (χ0v) is 12.0. The first kappa shape index (κ1) is 15.0. The van der Waals surface area contributed by atoms with Gasteiger partial charge in [0.2, 0.25) is 0 Å². The predicted molar refractivity (Wildman–Crippen MR) is 75.5 cm³/mol. The number of carboxylic acids is 1. The Hall–Kier alpha value is -2.41. The van der Waals surface area contributed by atoms with Crippen LogP contribution >= 0.6 is 11.8 Å². The lowest BCUT2D eigenvalue weighted by Crippen LogP contribution is -2.07. The third-order valence-electron chi connectivity index (χ3n) is 2.45. The zero-order valence-electron chi connectivity index (χ0n) is 11.1. The zero-order chi connectivity index (χ0) is 15.2. The minimum absolute atomic E-state index is 0.103. The van der Waals surface area contributed by atoms with Gasteiger partial charge in [0.15, 0.2) is 0 Å². The molecule has 2 aromatic rings. The summed E-state index contributed by atoms with van der Waals surface area (Å²) in [6, 6.07) is 6.29. The molecule has 0 unspecified atom stereocenters. The van der Waals surface area contributed by atoms with Gasteiger partial charge in [-0.1, -0.05) is 0 Å². The van der Waals surface area contributed by atoms with Crippen LogP contribution in [-0.2, 0) is 4.74 Å². The lowest BCUT2D eigenvalue weighted by atomic mass is 10.3. The number of ether oxygens (including phenoxy) is 1. The monoisotopic (exact) mass is 304 g/mol. The number of aromatic nitrogens is 2. The van der Waals surface area contributed by atoms with E-state index < -0.39 is 11.9 Å². The summed E-state index contributed by atoms with van der Waals surface area (Å²) >= 11 is 1.17. The Balaban J connectivity index is 2.23. The Morgan fingerprint density at radius 2 is 2.10 bits per heavy atom. The van der Waals surface area contributed by atoms with Crippen LogP contribution in [-0.4, -0.2) is 33.6 Å². The molecule has 0 radical (unpaired) electrons. The summed E-state index contributed by atoms with van der Waals surface area (Å²) in [7, 11) is 0. The number of carbonyl (C=O) groups excluding carboxylic acids is 1. The molecule has 0 aliphatic carbocycles. The first-order valence-corrected chi connectivity index (χ1v) is 6.92. The number of hydrogen-bond acceptors (Lipinski definition) is 6. The van der Waals surface area contributed by atoms with Gasteiger partial charge in [-0.05, 0) is 43.0 Å². The molecule has 0 atom stereocenters. The molecular formula is C14H12N2O4S. The molecule has 1 N–H and O–H groups in total. The van der Waals surface area contributed by atoms with Crippen LogP contribution in [0.4, 0.5) is 0 Å². The highest BCUT2D eigenvalue weighted by Gasteiger charge is 2.15. The Morgan fingerprint density at radius 3 is 2.71 bits per heavy atom. The number of carbonyl (C=O) groups is 2. The molecule has 7 heteroatoms. The maximum absolute atomic E-state index is 11.8. The summed E-state index contributed by atoms with van der Waals surface area (Å²) in [6.07, 6.45) is 2.83. The third-order valence-corrected chi connectivity index (χ3v) is 3.42. The Bertz CT molecular complexity index is 658. The molecule has 21 heavy (non-hydrogen) atoms. The highest BCUT2D eigenvalue weighted by Crippen LogP contribution is 2.27. The van der Waals surface area contributed by atoms with Gasteiger partial charge in [0.1, 0.15) is 10.1 Å². The molecule has 0 fully saturated rings. The van der Waals surface area contributed by atoms with E-state index in [4.69, 9.17) is 9.84 Å². The summed E-state index contributed by atoms with van der Waals surface area (Å²) in [4.78, 5) is 30.8. The lowest BCUT2D eigenvalue weighted by Gasteiger charge is -2.06. The number of aromatic carboxylic acids is 1. The van der Waals surface area contributed by atoms with Gasteiger partial charge in [-0.3, -0.25) is 0 Å². The van der Waals surface area contributed by atoms with Crippen molar-refractivity contribution in [2.45, 2.75) is 17.0 Å². The summed E-state index contributed by atoms with van der Waals surface area (Å²) in [5.74, 6) is -1.49. The summed E-state index contributed by atoms with van der Waals surface area (Å²) in [5, 5.41) is 9.83. The highest BCUT2D eigenvalue weighted by atomic mass is 32.2. The molecule has 108 valence electrons. The van der Waals surface area contributed by atoms with Crippen molar-refractivity contribution in [3.63, 3.8) is 0 Å². The Labute approximate surface area is 125 Å². The first-order valence-electron chi connectivity index (χ1n) is 6.11. The van der Waals surface area contributed by atoms with E-state index in [0.29, 0.717) is 15.6 Å². The van der Waals surface area contributed by atoms with Crippen LogP contribution in [0, 0.1) is 0 Å². The van der Waals surface area contributed by atoms with E-state index in [1.54, 1.807) is 31.3 Å². The van der Waals surface area contributed by atoms with E-state index in [1.165, 1.54) is 24.0 Å². The van der Waals surface area contributed by atoms with Crippen molar-refractivity contribution < 1.29 is 19.4 Å². The van der Waals surface area contributed by atoms with Gasteiger partial charge in [0, 0.05) is 12.4 Å². The topological polar surface area (TPSA) is 89.4 Å². The fourth-order valence-corrected chi connectivity index (χ4v) is 2.32. The van der Waals surface area contributed by atoms with Gasteiger partial charge < -0.3 is 9.84 Å². The number of hydrogen-bond donors (Lipinski definition) is 1. The smallest absolute Gasteiger partial charge is 0.340 e. The molecule has 0 saturated heterocycles. The molecule has 0 aromatic carbocycles. The van der Waals surface area contributed by atoms with Gasteiger partial charge in [0.25, 0.3) is 0 Å². The van der Waals surface area contributed by atoms with Crippen LogP contribution in [0.1, 0.15) is 27.6 Å². The summed E-state index contributed by atoms with van der Waals surface area (Å²) in [5.41, 5.74) is 0.458. The van der Waals surface area contributed by atoms with Gasteiger partial charge in [-0.25, -0.2) is 19.6 Å². The average Bonchev–Trinajstić information content (AvgIpc) is 2.48. The van der Waals surface area contributed by atoms with Crippen LogP contribution in [0.3, 0.4) is 0 Å². The normalized spacial score (nSPS) is 10.1. The van der Waals surface area contributed by atoms with E-state index in [-0.39, 0.29) is 12.2 Å². The Morgan fingerprint density at radius 1 is 1.29 bits per heavy atom. The fraction of sp³-hybridized carbons (Fsp3) is 0.143. The van der Waals surface area contributed by atoms with Gasteiger partial charge in [0.05, 0.1) is 17.7 Å². The van der Waals surface area contributed by atoms with Crippen molar-refractivity contribution in [1.29, 1.82) is 0 Å². The highest BCUT2D eigenvalue weighted by molar-refractivity contribution is 7.99. The van der Waals surface area contributed by atoms with Crippen LogP contribution in [0.5, 0.6) is 0 Å². The number of pyridine rings is 2. The second-order valence-corrected chi connectivity index (χ2v) is 4.88. The lowest BCUT2D eigenvalue weighted by molar-refractivity contribution is 0.0521. The molecule has 0 bridgehead atoms. The van der Waals surface area contributed by atoms with Crippen molar-refractivity contribution in [3.05, 3.63) is 47.8 Å². The molecule has 0 saturated carbocycles. The molecule has 2 aromatic heterocycles. The number of nitrogens with zero attached hydrogens (tertiary/aromatic N) is 2. The molecule has 0 amide bonds. The molecule has 0 aliphatic rings. The molecule has 6 nitrogen and oxygen atoms in total. The van der Waals surface area contributed by atoms with Crippen molar-refractivity contribution in [2.24, 2.45) is 0 Å². The molecule has 0 aliphatic heterocycles. The van der Waals surface area contributed by atoms with Crippen LogP contribution in [0.2, 0.25) is 0 Å². The number of rotatable bonds is 5. The van der Waals surface area contributed by atoms with E-state index in [2.05, 4.69) is 9.97 Å². The summed E-state index contributed by atoms with van der Waals surface area (Å²) in [6.45, 7) is 2.01. The minimum Gasteiger partial charge on any atom is -0.478 e. The quantitative estimate of drug-likeness (QED) is 0.849. The molecular weight excluding hydrogens is 292 g/mol. The molecule has 0 spiro atoms. The molecule has 2 heterocycles. The van der Waals surface area contributed by atoms with E-state index in [0.717, 1.165) is 0 Å². The van der Waals surface area contributed by atoms with E-state index in [9.17, 15) is 9.59 Å². The minimum atomic E-state index is -1.04. The number of esters is 1. The fourth-order valence-electron chi connectivity index (χ4n) is 1.50. The van der Waals surface area contributed by atoms with Gasteiger partial charge in [-0.2, -0.15) is 0 Å². The number of carboxylic acid groups (broad SMARTS) is 1.